The third kappa shape index (κ3) is 2.58. The highest BCUT2D eigenvalue weighted by molar-refractivity contribution is 9.10. The maximum atomic E-state index is 13.7. The number of ether oxygens (including phenoxy) is 1. The lowest BCUT2D eigenvalue weighted by atomic mass is 9.69. The van der Waals surface area contributed by atoms with E-state index in [9.17, 15) is 19.6 Å². The monoisotopic (exact) mass is 491 g/mol. The van der Waals surface area contributed by atoms with Crippen molar-refractivity contribution in [2.75, 3.05) is 5.32 Å². The predicted octanol–water partition coefficient (Wildman–Crippen LogP) is 1.67. The van der Waals surface area contributed by atoms with Gasteiger partial charge in [-0.05, 0) is 23.8 Å². The largest absolute Gasteiger partial charge is 0.423 e. The van der Waals surface area contributed by atoms with Crippen LogP contribution in [0.25, 0.3) is 0 Å². The fraction of sp³-hybridized carbons (Fsp3) is 0.0909. The molecule has 0 bridgehead atoms. The molecular weight excluding hydrogens is 478 g/mol. The van der Waals surface area contributed by atoms with Gasteiger partial charge in [0, 0.05) is 15.7 Å². The molecule has 3 aromatic rings. The van der Waals surface area contributed by atoms with E-state index in [1.54, 1.807) is 42.5 Å². The minimum absolute atomic E-state index is 0.0353. The van der Waals surface area contributed by atoms with Gasteiger partial charge in [-0.25, -0.2) is 4.79 Å². The van der Waals surface area contributed by atoms with E-state index in [-0.39, 0.29) is 29.4 Å². The lowest BCUT2D eigenvalue weighted by molar-refractivity contribution is -0.118. The van der Waals surface area contributed by atoms with E-state index in [1.807, 2.05) is 12.1 Å². The van der Waals surface area contributed by atoms with Gasteiger partial charge in [0.05, 0.1) is 6.54 Å². The van der Waals surface area contributed by atoms with E-state index in [1.165, 1.54) is 0 Å². The molecule has 3 heterocycles. The number of anilines is 1. The molecule has 10 heteroatoms. The van der Waals surface area contributed by atoms with Gasteiger partial charge in [0.1, 0.15) is 17.2 Å². The Bertz CT molecular complexity index is 1500. The summed E-state index contributed by atoms with van der Waals surface area (Å²) in [6.45, 7) is -0.0353. The number of aromatic amines is 1. The first-order valence-corrected chi connectivity index (χ1v) is 10.3. The van der Waals surface area contributed by atoms with Crippen molar-refractivity contribution < 1.29 is 9.53 Å². The van der Waals surface area contributed by atoms with Crippen molar-refractivity contribution in [3.63, 3.8) is 0 Å². The number of nitrogens with one attached hydrogen (secondary N) is 2. The number of rotatable bonds is 2. The molecule has 2 aliphatic rings. The third-order valence-electron chi connectivity index (χ3n) is 5.63. The van der Waals surface area contributed by atoms with E-state index in [4.69, 9.17) is 10.5 Å². The van der Waals surface area contributed by atoms with Crippen LogP contribution in [0.15, 0.2) is 74.0 Å². The highest BCUT2D eigenvalue weighted by Gasteiger charge is 2.58. The fourth-order valence-corrected chi connectivity index (χ4v) is 4.61. The normalized spacial score (nSPS) is 18.6. The molecule has 1 aromatic heterocycles. The highest BCUT2D eigenvalue weighted by Crippen LogP contribution is 2.51. The van der Waals surface area contributed by atoms with Crippen molar-refractivity contribution in [2.24, 2.45) is 5.73 Å². The second-order valence-electron chi connectivity index (χ2n) is 7.36. The van der Waals surface area contributed by atoms with Gasteiger partial charge in [-0.3, -0.25) is 19.1 Å². The fourth-order valence-electron chi connectivity index (χ4n) is 4.25. The molecule has 0 unspecified atom stereocenters. The molecule has 4 N–H and O–H groups in total. The van der Waals surface area contributed by atoms with E-state index in [0.29, 0.717) is 21.3 Å². The molecule has 0 saturated heterocycles. The Morgan fingerprint density at radius 2 is 1.91 bits per heavy atom. The summed E-state index contributed by atoms with van der Waals surface area (Å²) in [5.41, 5.74) is 3.73. The average Bonchev–Trinajstić information content (AvgIpc) is 3.03. The molecule has 1 spiro atoms. The zero-order valence-corrected chi connectivity index (χ0v) is 17.9. The van der Waals surface area contributed by atoms with Crippen molar-refractivity contribution in [3.8, 4) is 11.9 Å². The van der Waals surface area contributed by atoms with Gasteiger partial charge in [0.2, 0.25) is 17.7 Å². The van der Waals surface area contributed by atoms with Gasteiger partial charge in [0.15, 0.2) is 5.41 Å². The van der Waals surface area contributed by atoms with Crippen LogP contribution < -0.4 is 27.0 Å². The Balaban J connectivity index is 1.87. The molecule has 0 fully saturated rings. The summed E-state index contributed by atoms with van der Waals surface area (Å²) in [6, 6.07) is 15.9. The summed E-state index contributed by atoms with van der Waals surface area (Å²) in [7, 11) is 0. The second-order valence-corrected chi connectivity index (χ2v) is 8.27. The van der Waals surface area contributed by atoms with Crippen LogP contribution in [0.1, 0.15) is 16.7 Å². The Kier molecular flexibility index (Phi) is 4.32. The van der Waals surface area contributed by atoms with Crippen molar-refractivity contribution in [1.82, 2.24) is 9.55 Å². The zero-order valence-electron chi connectivity index (χ0n) is 16.3. The number of nitrogens with two attached hydrogens (primary N) is 1. The number of benzene rings is 2. The molecule has 0 aliphatic carbocycles. The molecular formula is C22H14BrN5O4. The Morgan fingerprint density at radius 3 is 2.62 bits per heavy atom. The number of aromatic nitrogens is 2. The Labute approximate surface area is 188 Å². The molecule has 2 aromatic carbocycles. The van der Waals surface area contributed by atoms with Gasteiger partial charge < -0.3 is 15.8 Å². The summed E-state index contributed by atoms with van der Waals surface area (Å²) in [6.07, 6.45) is 0. The number of carbonyl (C=O) groups excluding carboxylic acids is 1. The number of halogens is 1. The second kappa shape index (κ2) is 6.96. The third-order valence-corrected chi connectivity index (χ3v) is 6.12. The maximum Gasteiger partial charge on any atom is 0.331 e. The minimum Gasteiger partial charge on any atom is -0.423 e. The number of hydrogen-bond acceptors (Lipinski definition) is 6. The Hall–Kier alpha value is -4.10. The van der Waals surface area contributed by atoms with Crippen LogP contribution in [-0.4, -0.2) is 15.5 Å². The van der Waals surface area contributed by atoms with Crippen LogP contribution in [0.5, 0.6) is 5.88 Å². The summed E-state index contributed by atoms with van der Waals surface area (Å²) in [5, 5.41) is 12.7. The van der Waals surface area contributed by atoms with Crippen molar-refractivity contribution in [2.45, 2.75) is 12.0 Å². The molecule has 1 atom stereocenters. The molecule has 5 rings (SSSR count). The number of carbonyl (C=O) groups is 1. The highest BCUT2D eigenvalue weighted by atomic mass is 79.9. The smallest absolute Gasteiger partial charge is 0.331 e. The first-order valence-electron chi connectivity index (χ1n) is 9.49. The lowest BCUT2D eigenvalue weighted by Crippen LogP contribution is -2.50. The van der Waals surface area contributed by atoms with Crippen LogP contribution in [0.4, 0.5) is 5.69 Å². The zero-order chi connectivity index (χ0) is 22.6. The van der Waals surface area contributed by atoms with Gasteiger partial charge in [-0.2, -0.15) is 5.26 Å². The predicted molar refractivity (Wildman–Crippen MR) is 118 cm³/mol. The SMILES string of the molecule is N#CC1=C(N)Oc2[nH]c(=O)n(Cc3ccccc3)c(=O)c2[C@]12C(=O)Nc1ccc(Br)cc12. The molecule has 0 saturated carbocycles. The first-order chi connectivity index (χ1) is 15.4. The average molecular weight is 492 g/mol. The van der Waals surface area contributed by atoms with Crippen LogP contribution in [-0.2, 0) is 16.8 Å². The quantitative estimate of drug-likeness (QED) is 0.497. The van der Waals surface area contributed by atoms with E-state index in [2.05, 4.69) is 26.2 Å². The number of H-pyrrole nitrogens is 1. The van der Waals surface area contributed by atoms with Crippen LogP contribution in [0, 0.1) is 11.3 Å². The summed E-state index contributed by atoms with van der Waals surface area (Å²) >= 11 is 3.38. The van der Waals surface area contributed by atoms with Gasteiger partial charge >= 0.3 is 5.69 Å². The summed E-state index contributed by atoms with van der Waals surface area (Å²) in [4.78, 5) is 42.4. The Morgan fingerprint density at radius 1 is 1.16 bits per heavy atom. The molecule has 158 valence electrons. The van der Waals surface area contributed by atoms with Gasteiger partial charge in [-0.1, -0.05) is 46.3 Å². The lowest BCUT2D eigenvalue weighted by Gasteiger charge is -2.32. The van der Waals surface area contributed by atoms with E-state index in [0.717, 1.165) is 4.57 Å². The van der Waals surface area contributed by atoms with Crippen molar-refractivity contribution in [1.29, 1.82) is 5.26 Å². The molecule has 2 aliphatic heterocycles. The number of nitriles is 1. The summed E-state index contributed by atoms with van der Waals surface area (Å²) < 4.78 is 7.06. The minimum atomic E-state index is -1.87. The molecule has 9 nitrogen and oxygen atoms in total. The van der Waals surface area contributed by atoms with E-state index < -0.39 is 22.6 Å². The first kappa shape index (κ1) is 19.8. The molecule has 32 heavy (non-hydrogen) atoms. The standard InChI is InChI=1S/C22H14BrN5O4/c23-12-6-7-15-13(8-12)22(20(30)26-15)14(9-24)17(25)32-18-16(22)19(29)28(21(31)27-18)10-11-4-2-1-3-5-11/h1-8H,10,25H2,(H,26,30)(H,27,31)/t22-/m1/s1. The number of fused-ring (bicyclic) bond motifs is 4. The van der Waals surface area contributed by atoms with E-state index >= 15 is 0 Å². The van der Waals surface area contributed by atoms with Crippen molar-refractivity contribution in [3.05, 3.63) is 102 Å². The number of hydrogen-bond donors (Lipinski definition) is 3. The number of amides is 1. The van der Waals surface area contributed by atoms with Crippen LogP contribution >= 0.6 is 15.9 Å². The topological polar surface area (TPSA) is 143 Å². The van der Waals surface area contributed by atoms with Gasteiger partial charge in [-0.15, -0.1) is 0 Å². The van der Waals surface area contributed by atoms with Crippen molar-refractivity contribution >= 4 is 27.5 Å². The molecule has 1 amide bonds. The van der Waals surface area contributed by atoms with Crippen LogP contribution in [0.3, 0.4) is 0 Å². The van der Waals surface area contributed by atoms with Crippen LogP contribution in [0.2, 0.25) is 0 Å². The summed E-state index contributed by atoms with van der Waals surface area (Å²) in [5.74, 6) is -1.26. The number of nitrogens with zero attached hydrogens (tertiary/aromatic N) is 2. The van der Waals surface area contributed by atoms with Gasteiger partial charge in [0.25, 0.3) is 5.56 Å². The maximum absolute atomic E-state index is 13.7. The molecule has 0 radical (unpaired) electrons.